The molecule has 0 atom stereocenters. The van der Waals surface area contributed by atoms with E-state index in [9.17, 15) is 0 Å². The number of hydrogen-bond acceptors (Lipinski definition) is 3. The maximum Gasteiger partial charge on any atom is 0.0991 e. The molecule has 0 spiro atoms. The second-order valence-corrected chi connectivity index (χ2v) is 5.63. The molecule has 18 heavy (non-hydrogen) atoms. The van der Waals surface area contributed by atoms with Crippen molar-refractivity contribution in [2.45, 2.75) is 25.4 Å². The van der Waals surface area contributed by atoms with E-state index in [0.29, 0.717) is 6.04 Å². The SMILES string of the molecule is N#Cc1ccc(N(Cc2cccs2)C2CC2)cc1. The van der Waals surface area contributed by atoms with E-state index in [1.165, 1.54) is 23.4 Å². The van der Waals surface area contributed by atoms with Gasteiger partial charge in [0.25, 0.3) is 0 Å². The Morgan fingerprint density at radius 1 is 1.22 bits per heavy atom. The first kappa shape index (κ1) is 11.3. The molecule has 0 amide bonds. The van der Waals surface area contributed by atoms with Crippen molar-refractivity contribution in [3.8, 4) is 6.07 Å². The van der Waals surface area contributed by atoms with E-state index in [1.54, 1.807) is 11.3 Å². The normalized spacial score (nSPS) is 14.2. The lowest BCUT2D eigenvalue weighted by Crippen LogP contribution is -2.24. The molecule has 3 rings (SSSR count). The average molecular weight is 254 g/mol. The summed E-state index contributed by atoms with van der Waals surface area (Å²) >= 11 is 1.80. The van der Waals surface area contributed by atoms with E-state index >= 15 is 0 Å². The van der Waals surface area contributed by atoms with Gasteiger partial charge in [0.05, 0.1) is 18.2 Å². The minimum absolute atomic E-state index is 0.681. The lowest BCUT2D eigenvalue weighted by molar-refractivity contribution is 0.803. The van der Waals surface area contributed by atoms with E-state index in [1.807, 2.05) is 12.1 Å². The summed E-state index contributed by atoms with van der Waals surface area (Å²) in [7, 11) is 0. The van der Waals surface area contributed by atoms with E-state index in [4.69, 9.17) is 5.26 Å². The maximum atomic E-state index is 8.83. The maximum absolute atomic E-state index is 8.83. The molecule has 0 unspecified atom stereocenters. The molecular formula is C15H14N2S. The fourth-order valence-corrected chi connectivity index (χ4v) is 2.82. The molecule has 0 aliphatic heterocycles. The van der Waals surface area contributed by atoms with Crippen LogP contribution in [0.2, 0.25) is 0 Å². The van der Waals surface area contributed by atoms with E-state index in [2.05, 4.69) is 40.6 Å². The summed E-state index contributed by atoms with van der Waals surface area (Å²) in [4.78, 5) is 3.85. The minimum Gasteiger partial charge on any atom is -0.363 e. The van der Waals surface area contributed by atoms with Gasteiger partial charge in [0.2, 0.25) is 0 Å². The molecule has 0 saturated heterocycles. The van der Waals surface area contributed by atoms with Gasteiger partial charge in [-0.15, -0.1) is 11.3 Å². The Bertz CT molecular complexity index is 547. The topological polar surface area (TPSA) is 27.0 Å². The number of nitriles is 1. The van der Waals surface area contributed by atoms with Crippen LogP contribution >= 0.6 is 11.3 Å². The third-order valence-corrected chi connectivity index (χ3v) is 4.08. The first-order valence-electron chi connectivity index (χ1n) is 6.16. The highest BCUT2D eigenvalue weighted by Crippen LogP contribution is 2.33. The Labute approximate surface area is 111 Å². The molecule has 1 aromatic heterocycles. The van der Waals surface area contributed by atoms with Gasteiger partial charge in [-0.2, -0.15) is 5.26 Å². The Morgan fingerprint density at radius 3 is 2.56 bits per heavy atom. The molecule has 0 bridgehead atoms. The third-order valence-electron chi connectivity index (χ3n) is 3.22. The fourth-order valence-electron chi connectivity index (χ4n) is 2.12. The molecule has 1 aliphatic carbocycles. The molecule has 0 N–H and O–H groups in total. The van der Waals surface area contributed by atoms with Crippen LogP contribution in [0.5, 0.6) is 0 Å². The van der Waals surface area contributed by atoms with E-state index in [-0.39, 0.29) is 0 Å². The van der Waals surface area contributed by atoms with Crippen LogP contribution in [0.25, 0.3) is 0 Å². The van der Waals surface area contributed by atoms with Gasteiger partial charge in [-0.25, -0.2) is 0 Å². The molecule has 1 aromatic carbocycles. The lowest BCUT2D eigenvalue weighted by Gasteiger charge is -2.24. The molecule has 1 heterocycles. The highest BCUT2D eigenvalue weighted by Gasteiger charge is 2.29. The second-order valence-electron chi connectivity index (χ2n) is 4.60. The Kier molecular flexibility index (Phi) is 3.04. The molecule has 1 aliphatic rings. The Morgan fingerprint density at radius 2 is 2.00 bits per heavy atom. The van der Waals surface area contributed by atoms with E-state index < -0.39 is 0 Å². The largest absolute Gasteiger partial charge is 0.363 e. The Hall–Kier alpha value is -1.79. The van der Waals surface area contributed by atoms with Crippen molar-refractivity contribution in [1.29, 1.82) is 5.26 Å². The van der Waals surface area contributed by atoms with Crippen molar-refractivity contribution in [1.82, 2.24) is 0 Å². The van der Waals surface area contributed by atoms with Crippen LogP contribution < -0.4 is 4.90 Å². The number of hydrogen-bond donors (Lipinski definition) is 0. The number of thiophene rings is 1. The molecular weight excluding hydrogens is 240 g/mol. The van der Waals surface area contributed by atoms with Gasteiger partial charge < -0.3 is 4.90 Å². The zero-order valence-corrected chi connectivity index (χ0v) is 10.9. The number of nitrogens with zero attached hydrogens (tertiary/aromatic N) is 2. The molecule has 3 heteroatoms. The summed E-state index contributed by atoms with van der Waals surface area (Å²) in [5.41, 5.74) is 1.95. The molecule has 1 saturated carbocycles. The van der Waals surface area contributed by atoms with Crippen molar-refractivity contribution in [2.75, 3.05) is 4.90 Å². The van der Waals surface area contributed by atoms with Gasteiger partial charge in [0, 0.05) is 16.6 Å². The number of rotatable bonds is 4. The van der Waals surface area contributed by atoms with Gasteiger partial charge in [-0.3, -0.25) is 0 Å². The predicted molar refractivity (Wildman–Crippen MR) is 74.7 cm³/mol. The van der Waals surface area contributed by atoms with Crippen LogP contribution in [0.3, 0.4) is 0 Å². The predicted octanol–water partition coefficient (Wildman–Crippen LogP) is 3.79. The van der Waals surface area contributed by atoms with Gasteiger partial charge in [-0.1, -0.05) is 6.07 Å². The number of benzene rings is 1. The average Bonchev–Trinajstić information content (AvgIpc) is 3.13. The summed E-state index contributed by atoms with van der Waals surface area (Å²) in [5.74, 6) is 0. The van der Waals surface area contributed by atoms with Crippen LogP contribution in [0, 0.1) is 11.3 Å². The zero-order valence-electron chi connectivity index (χ0n) is 10.0. The summed E-state index contributed by atoms with van der Waals surface area (Å²) in [6, 6.07) is 15.1. The molecule has 90 valence electrons. The summed E-state index contributed by atoms with van der Waals surface area (Å²) in [6.07, 6.45) is 2.57. The first-order valence-corrected chi connectivity index (χ1v) is 7.04. The van der Waals surface area contributed by atoms with Crippen molar-refractivity contribution >= 4 is 17.0 Å². The molecule has 1 fully saturated rings. The van der Waals surface area contributed by atoms with Crippen LogP contribution in [-0.2, 0) is 6.54 Å². The smallest absolute Gasteiger partial charge is 0.0991 e. The van der Waals surface area contributed by atoms with Crippen LogP contribution in [0.4, 0.5) is 5.69 Å². The highest BCUT2D eigenvalue weighted by molar-refractivity contribution is 7.09. The van der Waals surface area contributed by atoms with Gasteiger partial charge in [-0.05, 0) is 48.6 Å². The third kappa shape index (κ3) is 2.39. The van der Waals surface area contributed by atoms with Gasteiger partial charge in [0.15, 0.2) is 0 Å². The van der Waals surface area contributed by atoms with Crippen molar-refractivity contribution < 1.29 is 0 Å². The highest BCUT2D eigenvalue weighted by atomic mass is 32.1. The molecule has 2 nitrogen and oxygen atoms in total. The van der Waals surface area contributed by atoms with Crippen LogP contribution in [0.15, 0.2) is 41.8 Å². The molecule has 2 aromatic rings. The van der Waals surface area contributed by atoms with Gasteiger partial charge in [0.1, 0.15) is 0 Å². The van der Waals surface area contributed by atoms with Crippen molar-refractivity contribution in [2.24, 2.45) is 0 Å². The second kappa shape index (κ2) is 4.83. The number of anilines is 1. The standard InChI is InChI=1S/C15H14N2S/c16-10-12-3-5-13(6-4-12)17(14-7-8-14)11-15-2-1-9-18-15/h1-6,9,14H,7-8,11H2. The summed E-state index contributed by atoms with van der Waals surface area (Å²) in [6.45, 7) is 0.980. The van der Waals surface area contributed by atoms with Crippen molar-refractivity contribution in [3.05, 3.63) is 52.2 Å². The minimum atomic E-state index is 0.681. The van der Waals surface area contributed by atoms with Gasteiger partial charge >= 0.3 is 0 Å². The summed E-state index contributed by atoms with van der Waals surface area (Å²) < 4.78 is 0. The van der Waals surface area contributed by atoms with Crippen LogP contribution in [0.1, 0.15) is 23.3 Å². The lowest BCUT2D eigenvalue weighted by atomic mass is 10.2. The van der Waals surface area contributed by atoms with E-state index in [0.717, 1.165) is 12.1 Å². The quantitative estimate of drug-likeness (QED) is 0.830. The Balaban J connectivity index is 1.82. The van der Waals surface area contributed by atoms with Crippen LogP contribution in [-0.4, -0.2) is 6.04 Å². The van der Waals surface area contributed by atoms with Crippen molar-refractivity contribution in [3.63, 3.8) is 0 Å². The fraction of sp³-hybridized carbons (Fsp3) is 0.267. The molecule has 0 radical (unpaired) electrons. The first-order chi connectivity index (χ1) is 8.86. The zero-order chi connectivity index (χ0) is 12.4. The monoisotopic (exact) mass is 254 g/mol. The summed E-state index contributed by atoms with van der Waals surface area (Å²) in [5, 5.41) is 11.0.